The standard InChI is InChI=1S/C19H18Cl2N2O5/c1-10-16(18(24)27-8-7-26-2)17(23-19(25)22-10)15-6-5-14(28-15)12-9-11(20)3-4-13(12)21/h3-6,9,17H,7-8H2,1-2H3,(H2,22,23,25)/t17-/m1/s1. The van der Waals surface area contributed by atoms with E-state index in [9.17, 15) is 9.59 Å². The van der Waals surface area contributed by atoms with E-state index in [0.717, 1.165) is 0 Å². The first-order chi connectivity index (χ1) is 13.4. The van der Waals surface area contributed by atoms with Gasteiger partial charge in [-0.3, -0.25) is 0 Å². The summed E-state index contributed by atoms with van der Waals surface area (Å²) >= 11 is 12.3. The van der Waals surface area contributed by atoms with Crippen molar-refractivity contribution >= 4 is 35.2 Å². The number of furan rings is 1. The number of rotatable bonds is 6. The quantitative estimate of drug-likeness (QED) is 0.538. The molecule has 0 radical (unpaired) electrons. The molecule has 0 bridgehead atoms. The summed E-state index contributed by atoms with van der Waals surface area (Å²) in [7, 11) is 1.51. The molecule has 0 unspecified atom stereocenters. The predicted octanol–water partition coefficient (Wildman–Crippen LogP) is 4.07. The zero-order valence-electron chi connectivity index (χ0n) is 15.2. The van der Waals surface area contributed by atoms with Crippen LogP contribution in [0.2, 0.25) is 10.0 Å². The van der Waals surface area contributed by atoms with Crippen molar-refractivity contribution in [2.75, 3.05) is 20.3 Å². The van der Waals surface area contributed by atoms with Crippen LogP contribution in [0.1, 0.15) is 18.7 Å². The Morgan fingerprint density at radius 3 is 2.75 bits per heavy atom. The van der Waals surface area contributed by atoms with Gasteiger partial charge in [-0.2, -0.15) is 0 Å². The van der Waals surface area contributed by atoms with Crippen LogP contribution in [-0.4, -0.2) is 32.3 Å². The maximum Gasteiger partial charge on any atom is 0.338 e. The van der Waals surface area contributed by atoms with E-state index in [1.165, 1.54) is 7.11 Å². The highest BCUT2D eigenvalue weighted by molar-refractivity contribution is 6.35. The minimum Gasteiger partial charge on any atom is -0.460 e. The van der Waals surface area contributed by atoms with Gasteiger partial charge in [-0.05, 0) is 37.3 Å². The van der Waals surface area contributed by atoms with E-state index in [2.05, 4.69) is 10.6 Å². The number of amides is 2. The first-order valence-corrected chi connectivity index (χ1v) is 9.15. The predicted molar refractivity (Wildman–Crippen MR) is 104 cm³/mol. The van der Waals surface area contributed by atoms with Crippen molar-refractivity contribution in [2.45, 2.75) is 13.0 Å². The van der Waals surface area contributed by atoms with Gasteiger partial charge in [-0.25, -0.2) is 9.59 Å². The third kappa shape index (κ3) is 4.32. The average Bonchev–Trinajstić information content (AvgIpc) is 3.13. The van der Waals surface area contributed by atoms with Crippen LogP contribution in [0.3, 0.4) is 0 Å². The van der Waals surface area contributed by atoms with Crippen LogP contribution in [0.5, 0.6) is 0 Å². The molecule has 1 atom stereocenters. The first kappa shape index (κ1) is 20.3. The number of hydrogen-bond acceptors (Lipinski definition) is 5. The van der Waals surface area contributed by atoms with E-state index in [1.807, 2.05) is 0 Å². The number of carbonyl (C=O) groups is 2. The summed E-state index contributed by atoms with van der Waals surface area (Å²) in [5, 5.41) is 6.22. The number of ether oxygens (including phenoxy) is 2. The normalized spacial score (nSPS) is 16.6. The molecule has 7 nitrogen and oxygen atoms in total. The molecule has 2 amide bonds. The largest absolute Gasteiger partial charge is 0.460 e. The zero-order chi connectivity index (χ0) is 20.3. The topological polar surface area (TPSA) is 89.8 Å². The molecule has 0 saturated carbocycles. The molecule has 2 N–H and O–H groups in total. The lowest BCUT2D eigenvalue weighted by atomic mass is 10.0. The highest BCUT2D eigenvalue weighted by Crippen LogP contribution is 2.35. The van der Waals surface area contributed by atoms with E-state index >= 15 is 0 Å². The highest BCUT2D eigenvalue weighted by atomic mass is 35.5. The average molecular weight is 425 g/mol. The zero-order valence-corrected chi connectivity index (χ0v) is 16.7. The van der Waals surface area contributed by atoms with Crippen LogP contribution < -0.4 is 10.6 Å². The lowest BCUT2D eigenvalue weighted by Gasteiger charge is -2.26. The Morgan fingerprint density at radius 1 is 1.21 bits per heavy atom. The fourth-order valence-corrected chi connectivity index (χ4v) is 3.20. The first-order valence-electron chi connectivity index (χ1n) is 8.40. The second kappa shape index (κ2) is 8.68. The smallest absolute Gasteiger partial charge is 0.338 e. The van der Waals surface area contributed by atoms with Gasteiger partial charge in [-0.1, -0.05) is 23.2 Å². The summed E-state index contributed by atoms with van der Waals surface area (Å²) in [5.41, 5.74) is 1.23. The Balaban J connectivity index is 1.93. The molecule has 0 saturated heterocycles. The fraction of sp³-hybridized carbons (Fsp3) is 0.263. The molecule has 1 aliphatic heterocycles. The van der Waals surface area contributed by atoms with Crippen molar-refractivity contribution in [3.05, 3.63) is 57.4 Å². The van der Waals surface area contributed by atoms with Crippen LogP contribution in [0.4, 0.5) is 4.79 Å². The Kier molecular flexibility index (Phi) is 6.28. The van der Waals surface area contributed by atoms with Crippen molar-refractivity contribution in [3.63, 3.8) is 0 Å². The SMILES string of the molecule is COCCOC(=O)C1=C(C)NC(=O)N[C@@H]1c1ccc(-c2cc(Cl)ccc2Cl)o1. The van der Waals surface area contributed by atoms with Crippen molar-refractivity contribution in [3.8, 4) is 11.3 Å². The number of esters is 1. The van der Waals surface area contributed by atoms with Gasteiger partial charge in [0, 0.05) is 23.4 Å². The number of halogens is 2. The third-order valence-electron chi connectivity index (χ3n) is 4.11. The molecule has 2 aromatic rings. The Bertz CT molecular complexity index is 938. The van der Waals surface area contributed by atoms with Gasteiger partial charge < -0.3 is 24.5 Å². The van der Waals surface area contributed by atoms with E-state index < -0.39 is 18.0 Å². The number of benzene rings is 1. The van der Waals surface area contributed by atoms with E-state index in [-0.39, 0.29) is 18.8 Å². The van der Waals surface area contributed by atoms with Crippen molar-refractivity contribution < 1.29 is 23.5 Å². The van der Waals surface area contributed by atoms with Gasteiger partial charge in [-0.15, -0.1) is 0 Å². The summed E-state index contributed by atoms with van der Waals surface area (Å²) in [5.74, 6) is 0.241. The summed E-state index contributed by atoms with van der Waals surface area (Å²) < 4.78 is 16.0. The van der Waals surface area contributed by atoms with Crippen molar-refractivity contribution in [1.29, 1.82) is 0 Å². The molecule has 1 aromatic carbocycles. The Morgan fingerprint density at radius 2 is 2.00 bits per heavy atom. The molecule has 0 fully saturated rings. The van der Waals surface area contributed by atoms with E-state index in [0.29, 0.717) is 32.8 Å². The number of urea groups is 1. The molecule has 1 aliphatic rings. The fourth-order valence-electron chi connectivity index (χ4n) is 2.81. The van der Waals surface area contributed by atoms with E-state index in [1.54, 1.807) is 37.3 Å². The number of methoxy groups -OCH3 is 1. The summed E-state index contributed by atoms with van der Waals surface area (Å²) in [4.78, 5) is 24.5. The lowest BCUT2D eigenvalue weighted by molar-refractivity contribution is -0.140. The van der Waals surface area contributed by atoms with Gasteiger partial charge >= 0.3 is 12.0 Å². The van der Waals surface area contributed by atoms with Gasteiger partial charge in [0.2, 0.25) is 0 Å². The van der Waals surface area contributed by atoms with Gasteiger partial charge in [0.15, 0.2) is 0 Å². The Labute approximate surface area is 171 Å². The minimum atomic E-state index is -0.810. The summed E-state index contributed by atoms with van der Waals surface area (Å²) in [6.45, 7) is 1.98. The van der Waals surface area contributed by atoms with Crippen LogP contribution in [0.15, 0.2) is 46.0 Å². The van der Waals surface area contributed by atoms with Crippen LogP contribution in [0, 0.1) is 0 Å². The lowest BCUT2D eigenvalue weighted by Crippen LogP contribution is -2.45. The second-order valence-corrected chi connectivity index (χ2v) is 6.87. The second-order valence-electron chi connectivity index (χ2n) is 6.03. The van der Waals surface area contributed by atoms with Gasteiger partial charge in [0.25, 0.3) is 0 Å². The minimum absolute atomic E-state index is 0.0916. The molecule has 148 valence electrons. The van der Waals surface area contributed by atoms with Crippen molar-refractivity contribution in [2.24, 2.45) is 0 Å². The molecular weight excluding hydrogens is 407 g/mol. The molecule has 9 heteroatoms. The van der Waals surface area contributed by atoms with Crippen LogP contribution in [0.25, 0.3) is 11.3 Å². The number of hydrogen-bond donors (Lipinski definition) is 2. The number of nitrogens with one attached hydrogen (secondary N) is 2. The molecule has 1 aromatic heterocycles. The van der Waals surface area contributed by atoms with E-state index in [4.69, 9.17) is 37.1 Å². The number of carbonyl (C=O) groups excluding carboxylic acids is 2. The van der Waals surface area contributed by atoms with Gasteiger partial charge in [0.05, 0.1) is 17.2 Å². The van der Waals surface area contributed by atoms with Crippen molar-refractivity contribution in [1.82, 2.24) is 10.6 Å². The highest BCUT2D eigenvalue weighted by Gasteiger charge is 2.34. The molecule has 0 spiro atoms. The maximum atomic E-state index is 12.5. The molecular formula is C19H18Cl2N2O5. The van der Waals surface area contributed by atoms with Crippen LogP contribution in [-0.2, 0) is 14.3 Å². The maximum absolute atomic E-state index is 12.5. The summed E-state index contributed by atoms with van der Waals surface area (Å²) in [6, 6.07) is 7.11. The van der Waals surface area contributed by atoms with Crippen LogP contribution >= 0.6 is 23.2 Å². The molecule has 0 aliphatic carbocycles. The molecule has 2 heterocycles. The molecule has 28 heavy (non-hydrogen) atoms. The summed E-state index contributed by atoms with van der Waals surface area (Å²) in [6.07, 6.45) is 0. The molecule has 3 rings (SSSR count). The third-order valence-corrected chi connectivity index (χ3v) is 4.68. The Hall–Kier alpha value is -2.48. The number of allylic oxidation sites excluding steroid dienone is 1. The van der Waals surface area contributed by atoms with Gasteiger partial charge in [0.1, 0.15) is 24.2 Å². The monoisotopic (exact) mass is 424 g/mol.